The third kappa shape index (κ3) is 3.18. The summed E-state index contributed by atoms with van der Waals surface area (Å²) in [5.41, 5.74) is 0.881. The minimum Gasteiger partial charge on any atom is -0.493 e. The second-order valence-corrected chi connectivity index (χ2v) is 9.64. The van der Waals surface area contributed by atoms with E-state index in [4.69, 9.17) is 5.14 Å². The zero-order valence-corrected chi connectivity index (χ0v) is 17.2. The van der Waals surface area contributed by atoms with Gasteiger partial charge in [-0.05, 0) is 43.2 Å². The third-order valence-electron chi connectivity index (χ3n) is 4.97. The van der Waals surface area contributed by atoms with E-state index < -0.39 is 10.0 Å². The largest absolute Gasteiger partial charge is 0.493 e. The molecule has 1 fully saturated rings. The van der Waals surface area contributed by atoms with Crippen LogP contribution in [0.3, 0.4) is 0 Å². The monoisotopic (exact) mass is 440 g/mol. The van der Waals surface area contributed by atoms with Crippen LogP contribution in [0.15, 0.2) is 63.4 Å². The van der Waals surface area contributed by atoms with Gasteiger partial charge < -0.3 is 5.11 Å². The van der Waals surface area contributed by atoms with Gasteiger partial charge >= 0.3 is 0 Å². The van der Waals surface area contributed by atoms with Crippen molar-refractivity contribution in [3.8, 4) is 5.88 Å². The van der Waals surface area contributed by atoms with E-state index in [0.717, 1.165) is 12.8 Å². The molecule has 8 nitrogen and oxygen atoms in total. The molecule has 0 atom stereocenters. The topological polar surface area (TPSA) is 127 Å². The quantitative estimate of drug-likeness (QED) is 0.623. The molecule has 0 saturated heterocycles. The number of primary sulfonamides is 1. The molecule has 5 rings (SSSR count). The lowest BCUT2D eigenvalue weighted by Crippen LogP contribution is -2.22. The number of aromatic nitrogens is 1. The average Bonchev–Trinajstić information content (AvgIpc) is 3.41. The Morgan fingerprint density at radius 1 is 1.13 bits per heavy atom. The van der Waals surface area contributed by atoms with Crippen LogP contribution in [0.2, 0.25) is 0 Å². The minimum atomic E-state index is -3.79. The Morgan fingerprint density at radius 2 is 1.83 bits per heavy atom. The lowest BCUT2D eigenvalue weighted by Gasteiger charge is -2.03. The maximum Gasteiger partial charge on any atom is 0.279 e. The highest BCUT2D eigenvalue weighted by molar-refractivity contribution is 7.89. The highest BCUT2D eigenvalue weighted by Gasteiger charge is 2.32. The summed E-state index contributed by atoms with van der Waals surface area (Å²) in [6.07, 6.45) is 1.82. The van der Waals surface area contributed by atoms with Gasteiger partial charge in [-0.25, -0.2) is 23.5 Å². The summed E-state index contributed by atoms with van der Waals surface area (Å²) in [5.74, 6) is -0.391. The summed E-state index contributed by atoms with van der Waals surface area (Å²) in [6, 6.07) is 13.2. The lowest BCUT2D eigenvalue weighted by molar-refractivity contribution is -0.112. The Morgan fingerprint density at radius 3 is 2.50 bits per heavy atom. The van der Waals surface area contributed by atoms with Crippen molar-refractivity contribution in [3.63, 3.8) is 0 Å². The SMILES string of the molecule is NS(=O)(=O)c1ccc(N=c2sc(C3=c4ccccc4=NC3=O)c(O)n2C2CC2)cc1. The number of thiazole rings is 1. The molecule has 152 valence electrons. The molecule has 1 amide bonds. The van der Waals surface area contributed by atoms with Crippen molar-refractivity contribution in [3.05, 3.63) is 68.8 Å². The normalized spacial score (nSPS) is 16.6. The number of benzene rings is 2. The minimum absolute atomic E-state index is 0.00217. The van der Waals surface area contributed by atoms with Gasteiger partial charge in [0.2, 0.25) is 15.9 Å². The Bertz CT molecular complexity index is 1500. The molecule has 3 N–H and O–H groups in total. The molecule has 1 saturated carbocycles. The van der Waals surface area contributed by atoms with Gasteiger partial charge in [-0.3, -0.25) is 9.36 Å². The van der Waals surface area contributed by atoms with E-state index in [-0.39, 0.29) is 22.7 Å². The average molecular weight is 441 g/mol. The number of nitrogens with two attached hydrogens (primary N) is 1. The number of amides is 1. The molecular formula is C20H16N4O4S2. The molecule has 2 heterocycles. The predicted octanol–water partition coefficient (Wildman–Crippen LogP) is 0.829. The fourth-order valence-electron chi connectivity index (χ4n) is 3.39. The van der Waals surface area contributed by atoms with Gasteiger partial charge in [-0.1, -0.05) is 29.5 Å². The highest BCUT2D eigenvalue weighted by Crippen LogP contribution is 2.40. The first-order valence-electron chi connectivity index (χ1n) is 9.17. The van der Waals surface area contributed by atoms with Gasteiger partial charge in [0.05, 0.1) is 21.5 Å². The standard InChI is InChI=1S/C20H16N4O4S2/c21-30(27,28)13-9-5-11(6-10-13)22-20-24(12-7-8-12)19(26)17(29-20)16-14-3-1-2-4-15(14)23-18(16)25/h1-6,9-10,12,26H,7-8H2,(H2,21,27,28). The van der Waals surface area contributed by atoms with E-state index in [1.54, 1.807) is 22.8 Å². The fourth-order valence-corrected chi connectivity index (χ4v) is 5.06. The predicted molar refractivity (Wildman–Crippen MR) is 110 cm³/mol. The number of hydrogen-bond donors (Lipinski definition) is 2. The molecule has 2 aliphatic rings. The Labute approximate surface area is 175 Å². The molecule has 1 aromatic heterocycles. The van der Waals surface area contributed by atoms with Crippen molar-refractivity contribution in [2.75, 3.05) is 0 Å². The molecule has 30 heavy (non-hydrogen) atoms. The number of hydrogen-bond acceptors (Lipinski definition) is 6. The van der Waals surface area contributed by atoms with Gasteiger partial charge in [-0.2, -0.15) is 0 Å². The van der Waals surface area contributed by atoms with Gasteiger partial charge in [0.1, 0.15) is 4.88 Å². The molecular weight excluding hydrogens is 424 g/mol. The van der Waals surface area contributed by atoms with Crippen molar-refractivity contribution in [2.24, 2.45) is 15.1 Å². The number of carbonyl (C=O) groups excluding carboxylic acids is 1. The van der Waals surface area contributed by atoms with E-state index >= 15 is 0 Å². The van der Waals surface area contributed by atoms with Gasteiger partial charge in [0.25, 0.3) is 5.91 Å². The maximum atomic E-state index is 12.6. The summed E-state index contributed by atoms with van der Waals surface area (Å²) in [6.45, 7) is 0. The third-order valence-corrected chi connectivity index (χ3v) is 6.96. The van der Waals surface area contributed by atoms with E-state index in [2.05, 4.69) is 9.98 Å². The van der Waals surface area contributed by atoms with E-state index in [0.29, 0.717) is 31.5 Å². The van der Waals surface area contributed by atoms with Gasteiger partial charge in [-0.15, -0.1) is 0 Å². The van der Waals surface area contributed by atoms with Crippen molar-refractivity contribution in [1.82, 2.24) is 4.57 Å². The van der Waals surface area contributed by atoms with Crippen LogP contribution in [0.5, 0.6) is 5.88 Å². The molecule has 0 spiro atoms. The fraction of sp³-hybridized carbons (Fsp3) is 0.150. The van der Waals surface area contributed by atoms with Crippen LogP contribution in [0.4, 0.5) is 5.69 Å². The van der Waals surface area contributed by atoms with Crippen molar-refractivity contribution < 1.29 is 18.3 Å². The zero-order chi connectivity index (χ0) is 21.0. The first-order valence-corrected chi connectivity index (χ1v) is 11.5. The number of para-hydroxylation sites is 1. The number of nitrogens with zero attached hydrogens (tertiary/aromatic N) is 3. The molecule has 0 bridgehead atoms. The van der Waals surface area contributed by atoms with E-state index in [1.165, 1.54) is 23.5 Å². The number of fused-ring (bicyclic) bond motifs is 1. The number of aromatic hydroxyl groups is 1. The van der Waals surface area contributed by atoms with Gasteiger partial charge in [0.15, 0.2) is 4.80 Å². The molecule has 1 aliphatic heterocycles. The smallest absolute Gasteiger partial charge is 0.279 e. The van der Waals surface area contributed by atoms with Crippen LogP contribution in [0, 0.1) is 0 Å². The number of carbonyl (C=O) groups is 1. The maximum absolute atomic E-state index is 12.6. The zero-order valence-electron chi connectivity index (χ0n) is 15.5. The molecule has 2 aromatic carbocycles. The second-order valence-electron chi connectivity index (χ2n) is 7.10. The highest BCUT2D eigenvalue weighted by atomic mass is 32.2. The van der Waals surface area contributed by atoms with Crippen LogP contribution in [-0.2, 0) is 14.8 Å². The van der Waals surface area contributed by atoms with Crippen LogP contribution < -0.4 is 20.5 Å². The summed E-state index contributed by atoms with van der Waals surface area (Å²) in [4.78, 5) is 22.2. The Balaban J connectivity index is 1.70. The summed E-state index contributed by atoms with van der Waals surface area (Å²) in [7, 11) is -3.79. The number of rotatable bonds is 4. The van der Waals surface area contributed by atoms with Crippen LogP contribution in [0.25, 0.3) is 5.57 Å². The molecule has 3 aromatic rings. The first kappa shape index (κ1) is 18.9. The summed E-state index contributed by atoms with van der Waals surface area (Å²) < 4.78 is 24.6. The Kier molecular flexibility index (Phi) is 4.24. The van der Waals surface area contributed by atoms with Crippen molar-refractivity contribution >= 4 is 38.5 Å². The lowest BCUT2D eigenvalue weighted by atomic mass is 10.1. The molecule has 0 unspecified atom stereocenters. The van der Waals surface area contributed by atoms with Crippen molar-refractivity contribution in [2.45, 2.75) is 23.8 Å². The Hall–Kier alpha value is -3.08. The summed E-state index contributed by atoms with van der Waals surface area (Å²) >= 11 is 1.21. The van der Waals surface area contributed by atoms with E-state index in [9.17, 15) is 18.3 Å². The molecule has 1 aliphatic carbocycles. The molecule has 10 heteroatoms. The van der Waals surface area contributed by atoms with Crippen molar-refractivity contribution in [1.29, 1.82) is 0 Å². The van der Waals surface area contributed by atoms with Crippen LogP contribution >= 0.6 is 11.3 Å². The van der Waals surface area contributed by atoms with Crippen LogP contribution in [0.1, 0.15) is 23.8 Å². The van der Waals surface area contributed by atoms with E-state index in [1.807, 2.05) is 18.2 Å². The second kappa shape index (κ2) is 6.73. The van der Waals surface area contributed by atoms with Crippen LogP contribution in [-0.4, -0.2) is 24.0 Å². The molecule has 0 radical (unpaired) electrons. The first-order chi connectivity index (χ1) is 14.3. The van der Waals surface area contributed by atoms with Gasteiger partial charge in [0, 0.05) is 11.3 Å². The summed E-state index contributed by atoms with van der Waals surface area (Å²) in [5, 5.41) is 17.4. The number of sulfonamides is 1.